The molecule has 5 nitrogen and oxygen atoms in total. The molecule has 1 unspecified atom stereocenters. The number of nitrogens with zero attached hydrogens (tertiary/aromatic N) is 1. The summed E-state index contributed by atoms with van der Waals surface area (Å²) < 4.78 is 27.5. The number of rotatable bonds is 7. The van der Waals surface area contributed by atoms with Crippen LogP contribution in [0.4, 0.5) is 8.78 Å². The van der Waals surface area contributed by atoms with Gasteiger partial charge in [-0.25, -0.2) is 8.78 Å². The number of hydrogen-bond donors (Lipinski definition) is 2. The van der Waals surface area contributed by atoms with Gasteiger partial charge in [-0.3, -0.25) is 9.59 Å². The van der Waals surface area contributed by atoms with Crippen molar-refractivity contribution in [3.8, 4) is 16.9 Å². The SMILES string of the molecule is O=C(NCCc1ccccc1)C1c2ccc(O)c(-c3ccccc3)c2C(=O)N1Cc1ccc(F)c(F)c1. The Labute approximate surface area is 213 Å². The van der Waals surface area contributed by atoms with E-state index in [1.807, 2.05) is 36.4 Å². The number of hydrogen-bond acceptors (Lipinski definition) is 3. The predicted octanol–water partition coefficient (Wildman–Crippen LogP) is 5.39. The molecule has 4 aromatic carbocycles. The number of carbonyl (C=O) groups excluding carboxylic acids is 2. The van der Waals surface area contributed by atoms with Crippen LogP contribution in [0.1, 0.15) is 33.1 Å². The third kappa shape index (κ3) is 4.80. The molecular formula is C30H24F2N2O3. The summed E-state index contributed by atoms with van der Waals surface area (Å²) in [6.45, 7) is 0.238. The van der Waals surface area contributed by atoms with Crippen LogP contribution in [0.25, 0.3) is 11.1 Å². The zero-order chi connectivity index (χ0) is 25.9. The minimum atomic E-state index is -1.03. The number of carbonyl (C=O) groups is 2. The Bertz CT molecular complexity index is 1460. The van der Waals surface area contributed by atoms with Gasteiger partial charge in [0.25, 0.3) is 5.91 Å². The van der Waals surface area contributed by atoms with E-state index in [1.165, 1.54) is 17.0 Å². The summed E-state index contributed by atoms with van der Waals surface area (Å²) in [5, 5.41) is 13.6. The van der Waals surface area contributed by atoms with Crippen LogP contribution in [-0.4, -0.2) is 28.4 Å². The second kappa shape index (κ2) is 10.2. The van der Waals surface area contributed by atoms with Crippen molar-refractivity contribution >= 4 is 11.8 Å². The van der Waals surface area contributed by atoms with Crippen LogP contribution < -0.4 is 5.32 Å². The van der Waals surface area contributed by atoms with E-state index in [0.29, 0.717) is 35.2 Å². The fourth-order valence-electron chi connectivity index (χ4n) is 4.74. The third-order valence-corrected chi connectivity index (χ3v) is 6.50. The summed E-state index contributed by atoms with van der Waals surface area (Å²) in [4.78, 5) is 28.6. The van der Waals surface area contributed by atoms with Crippen LogP contribution in [0.15, 0.2) is 91.0 Å². The maximum Gasteiger partial charge on any atom is 0.256 e. The van der Waals surface area contributed by atoms with Crippen molar-refractivity contribution < 1.29 is 23.5 Å². The fourth-order valence-corrected chi connectivity index (χ4v) is 4.74. The molecule has 1 heterocycles. The van der Waals surface area contributed by atoms with E-state index >= 15 is 0 Å². The predicted molar refractivity (Wildman–Crippen MR) is 136 cm³/mol. The molecule has 37 heavy (non-hydrogen) atoms. The van der Waals surface area contributed by atoms with Gasteiger partial charge in [-0.05, 0) is 46.9 Å². The van der Waals surface area contributed by atoms with Crippen LogP contribution in [0.5, 0.6) is 5.75 Å². The Morgan fingerprint density at radius 1 is 0.838 bits per heavy atom. The normalized spacial score (nSPS) is 14.5. The summed E-state index contributed by atoms with van der Waals surface area (Å²) in [6, 6.07) is 24.1. The molecule has 0 saturated heterocycles. The highest BCUT2D eigenvalue weighted by atomic mass is 19.2. The van der Waals surface area contributed by atoms with Gasteiger partial charge in [-0.1, -0.05) is 72.8 Å². The number of benzene rings is 4. The molecule has 0 aliphatic carbocycles. The molecule has 5 rings (SSSR count). The van der Waals surface area contributed by atoms with Crippen LogP contribution in [0.3, 0.4) is 0 Å². The molecule has 0 fully saturated rings. The van der Waals surface area contributed by atoms with Crippen molar-refractivity contribution in [2.75, 3.05) is 6.54 Å². The molecule has 4 aromatic rings. The highest BCUT2D eigenvalue weighted by Crippen LogP contribution is 2.44. The summed E-state index contributed by atoms with van der Waals surface area (Å²) in [5.74, 6) is -2.98. The molecule has 186 valence electrons. The van der Waals surface area contributed by atoms with Crippen molar-refractivity contribution in [3.63, 3.8) is 0 Å². The molecular weight excluding hydrogens is 474 g/mol. The quantitative estimate of drug-likeness (QED) is 0.359. The van der Waals surface area contributed by atoms with E-state index in [4.69, 9.17) is 0 Å². The summed E-state index contributed by atoms with van der Waals surface area (Å²) in [7, 11) is 0. The van der Waals surface area contributed by atoms with E-state index in [1.54, 1.807) is 30.3 Å². The molecule has 1 atom stereocenters. The topological polar surface area (TPSA) is 69.6 Å². The first-order valence-electron chi connectivity index (χ1n) is 11.9. The third-order valence-electron chi connectivity index (χ3n) is 6.50. The lowest BCUT2D eigenvalue weighted by Gasteiger charge is -2.25. The van der Waals surface area contributed by atoms with Crippen molar-refractivity contribution in [2.24, 2.45) is 0 Å². The first-order valence-corrected chi connectivity index (χ1v) is 11.9. The number of halogens is 2. The molecule has 2 amide bonds. The largest absolute Gasteiger partial charge is 0.507 e. The van der Waals surface area contributed by atoms with Gasteiger partial charge in [-0.2, -0.15) is 0 Å². The van der Waals surface area contributed by atoms with Crippen molar-refractivity contribution in [1.29, 1.82) is 0 Å². The molecule has 0 aromatic heterocycles. The first-order chi connectivity index (χ1) is 17.9. The zero-order valence-corrected chi connectivity index (χ0v) is 19.8. The monoisotopic (exact) mass is 498 g/mol. The van der Waals surface area contributed by atoms with Gasteiger partial charge < -0.3 is 15.3 Å². The van der Waals surface area contributed by atoms with Crippen LogP contribution >= 0.6 is 0 Å². The van der Waals surface area contributed by atoms with Crippen LogP contribution in [-0.2, 0) is 17.8 Å². The van der Waals surface area contributed by atoms with Crippen LogP contribution in [0, 0.1) is 11.6 Å². The zero-order valence-electron chi connectivity index (χ0n) is 19.8. The molecule has 0 saturated carbocycles. The number of aromatic hydroxyl groups is 1. The maximum atomic E-state index is 13.9. The van der Waals surface area contributed by atoms with Gasteiger partial charge in [0, 0.05) is 18.7 Å². The lowest BCUT2D eigenvalue weighted by Crippen LogP contribution is -2.39. The minimum absolute atomic E-state index is 0.0868. The van der Waals surface area contributed by atoms with Crippen LogP contribution in [0.2, 0.25) is 0 Å². The number of phenols is 1. The van der Waals surface area contributed by atoms with Gasteiger partial charge in [0.15, 0.2) is 11.6 Å². The average molecular weight is 499 g/mol. The molecule has 0 spiro atoms. The highest BCUT2D eigenvalue weighted by molar-refractivity contribution is 6.10. The Hall–Kier alpha value is -4.52. The Morgan fingerprint density at radius 2 is 1.54 bits per heavy atom. The van der Waals surface area contributed by atoms with E-state index < -0.39 is 29.5 Å². The standard InChI is InChI=1S/C30H24F2N2O3/c31-23-13-11-20(17-24(23)32)18-34-28(29(36)33-16-15-19-7-3-1-4-8-19)22-12-14-25(35)26(27(22)30(34)37)21-9-5-2-6-10-21/h1-14,17,28,35H,15-16,18H2,(H,33,36). The number of phenolic OH excluding ortho intramolecular Hbond substituents is 1. The van der Waals surface area contributed by atoms with E-state index in [0.717, 1.165) is 17.7 Å². The summed E-state index contributed by atoms with van der Waals surface area (Å²) >= 11 is 0. The van der Waals surface area contributed by atoms with Gasteiger partial charge in [0.05, 0.1) is 5.56 Å². The second-order valence-corrected chi connectivity index (χ2v) is 8.90. The Kier molecular flexibility index (Phi) is 6.68. The van der Waals surface area contributed by atoms with Gasteiger partial charge in [-0.15, -0.1) is 0 Å². The number of amides is 2. The number of fused-ring (bicyclic) bond motifs is 1. The minimum Gasteiger partial charge on any atom is -0.507 e. The number of nitrogens with one attached hydrogen (secondary N) is 1. The van der Waals surface area contributed by atoms with Crippen molar-refractivity contribution in [2.45, 2.75) is 19.0 Å². The molecule has 1 aliphatic rings. The van der Waals surface area contributed by atoms with E-state index in [2.05, 4.69) is 5.32 Å². The lowest BCUT2D eigenvalue weighted by atomic mass is 9.93. The van der Waals surface area contributed by atoms with Crippen molar-refractivity contribution in [1.82, 2.24) is 10.2 Å². The molecule has 2 N–H and O–H groups in total. The smallest absolute Gasteiger partial charge is 0.256 e. The summed E-state index contributed by atoms with van der Waals surface area (Å²) in [5.41, 5.74) is 3.02. The molecule has 1 aliphatic heterocycles. The lowest BCUT2D eigenvalue weighted by molar-refractivity contribution is -0.125. The van der Waals surface area contributed by atoms with Gasteiger partial charge in [0.2, 0.25) is 5.91 Å². The highest BCUT2D eigenvalue weighted by Gasteiger charge is 2.43. The Balaban J connectivity index is 1.51. The van der Waals surface area contributed by atoms with Gasteiger partial charge in [0.1, 0.15) is 11.8 Å². The van der Waals surface area contributed by atoms with E-state index in [-0.39, 0.29) is 17.9 Å². The first kappa shape index (κ1) is 24.2. The fraction of sp³-hybridized carbons (Fsp3) is 0.133. The van der Waals surface area contributed by atoms with Gasteiger partial charge >= 0.3 is 0 Å². The maximum absolute atomic E-state index is 13.9. The second-order valence-electron chi connectivity index (χ2n) is 8.90. The summed E-state index contributed by atoms with van der Waals surface area (Å²) in [6.07, 6.45) is 0.605. The van der Waals surface area contributed by atoms with E-state index in [9.17, 15) is 23.5 Å². The van der Waals surface area contributed by atoms with Crippen molar-refractivity contribution in [3.05, 3.63) is 125 Å². The molecule has 0 radical (unpaired) electrons. The Morgan fingerprint density at radius 3 is 2.24 bits per heavy atom. The molecule has 7 heteroatoms. The molecule has 0 bridgehead atoms. The average Bonchev–Trinajstić information content (AvgIpc) is 3.18.